The highest BCUT2D eigenvalue weighted by Crippen LogP contribution is 2.27. The Balaban J connectivity index is 2.15. The van der Waals surface area contributed by atoms with E-state index in [0.29, 0.717) is 0 Å². The van der Waals surface area contributed by atoms with E-state index in [4.69, 9.17) is 4.74 Å². The lowest BCUT2D eigenvalue weighted by molar-refractivity contribution is 0.412. The highest BCUT2D eigenvalue weighted by atomic mass is 79.9. The maximum atomic E-state index is 5.21. The summed E-state index contributed by atoms with van der Waals surface area (Å²) >= 11 is 3.49. The van der Waals surface area contributed by atoms with Gasteiger partial charge in [-0.15, -0.1) is 0 Å². The summed E-state index contributed by atoms with van der Waals surface area (Å²) in [5.74, 6) is 0.834. The average Bonchev–Trinajstić information content (AvgIpc) is 2.90. The molecule has 0 aliphatic heterocycles. The predicted molar refractivity (Wildman–Crippen MR) is 72.6 cm³/mol. The van der Waals surface area contributed by atoms with Gasteiger partial charge in [0.25, 0.3) is 0 Å². The van der Waals surface area contributed by atoms with E-state index >= 15 is 0 Å². The quantitative estimate of drug-likeness (QED) is 0.887. The maximum absolute atomic E-state index is 5.21. The minimum absolute atomic E-state index is 0.143. The van der Waals surface area contributed by atoms with Gasteiger partial charge >= 0.3 is 0 Å². The Morgan fingerprint density at radius 2 is 2.33 bits per heavy atom. The van der Waals surface area contributed by atoms with E-state index in [1.807, 2.05) is 19.2 Å². The zero-order valence-corrected chi connectivity index (χ0v) is 11.9. The van der Waals surface area contributed by atoms with Crippen LogP contribution in [0.2, 0.25) is 0 Å². The van der Waals surface area contributed by atoms with Gasteiger partial charge in [0.05, 0.1) is 29.5 Å². The van der Waals surface area contributed by atoms with Crippen LogP contribution in [0.3, 0.4) is 0 Å². The second kappa shape index (κ2) is 5.97. The van der Waals surface area contributed by atoms with E-state index in [2.05, 4.69) is 42.7 Å². The SMILES string of the molecule is CNC(Cc1ccc(OC)c(Br)c1)c1cn[nH]n1. The number of hydrogen-bond donors (Lipinski definition) is 2. The van der Waals surface area contributed by atoms with E-state index in [-0.39, 0.29) is 6.04 Å². The molecule has 0 amide bonds. The number of aromatic nitrogens is 3. The second-order valence-corrected chi connectivity index (χ2v) is 4.76. The number of ether oxygens (including phenoxy) is 1. The molecule has 1 unspecified atom stereocenters. The maximum Gasteiger partial charge on any atom is 0.133 e. The minimum Gasteiger partial charge on any atom is -0.496 e. The van der Waals surface area contributed by atoms with Crippen LogP contribution in [0.25, 0.3) is 0 Å². The van der Waals surface area contributed by atoms with Crippen molar-refractivity contribution < 1.29 is 4.74 Å². The lowest BCUT2D eigenvalue weighted by Crippen LogP contribution is -2.19. The van der Waals surface area contributed by atoms with E-state index in [1.54, 1.807) is 13.3 Å². The van der Waals surface area contributed by atoms with Crippen LogP contribution in [0.5, 0.6) is 5.75 Å². The first kappa shape index (κ1) is 13.0. The van der Waals surface area contributed by atoms with Crippen LogP contribution in [0.1, 0.15) is 17.3 Å². The molecule has 1 aromatic carbocycles. The van der Waals surface area contributed by atoms with Crippen LogP contribution in [-0.4, -0.2) is 29.6 Å². The van der Waals surface area contributed by atoms with Gasteiger partial charge in [0, 0.05) is 0 Å². The summed E-state index contributed by atoms with van der Waals surface area (Å²) in [5, 5.41) is 13.8. The molecule has 0 aliphatic rings. The third kappa shape index (κ3) is 2.88. The first-order chi connectivity index (χ1) is 8.74. The molecule has 5 nitrogen and oxygen atoms in total. The Labute approximate surface area is 114 Å². The fourth-order valence-corrected chi connectivity index (χ4v) is 2.39. The Morgan fingerprint density at radius 3 is 2.89 bits per heavy atom. The van der Waals surface area contributed by atoms with Crippen LogP contribution < -0.4 is 10.1 Å². The van der Waals surface area contributed by atoms with Gasteiger partial charge in [-0.2, -0.15) is 15.4 Å². The van der Waals surface area contributed by atoms with Crippen molar-refractivity contribution in [1.82, 2.24) is 20.7 Å². The summed E-state index contributed by atoms with van der Waals surface area (Å²) in [6, 6.07) is 6.20. The number of likely N-dealkylation sites (N-methyl/N-ethyl adjacent to an activating group) is 1. The van der Waals surface area contributed by atoms with Gasteiger partial charge in [-0.1, -0.05) is 6.07 Å². The zero-order valence-electron chi connectivity index (χ0n) is 10.3. The molecule has 0 fully saturated rings. The number of aromatic amines is 1. The average molecular weight is 311 g/mol. The van der Waals surface area contributed by atoms with Crippen molar-refractivity contribution in [3.8, 4) is 5.75 Å². The Hall–Kier alpha value is -1.40. The summed E-state index contributed by atoms with van der Waals surface area (Å²) in [5.41, 5.74) is 2.11. The molecule has 0 spiro atoms. The van der Waals surface area contributed by atoms with Gasteiger partial charge in [0.15, 0.2) is 0 Å². The third-order valence-corrected chi connectivity index (χ3v) is 3.41. The molecular weight excluding hydrogens is 296 g/mol. The molecule has 1 heterocycles. The summed E-state index contributed by atoms with van der Waals surface area (Å²) in [4.78, 5) is 0. The molecule has 0 saturated carbocycles. The molecule has 1 atom stereocenters. The molecule has 0 saturated heterocycles. The van der Waals surface area contributed by atoms with Crippen molar-refractivity contribution in [3.63, 3.8) is 0 Å². The molecular formula is C12H15BrN4O. The molecule has 0 radical (unpaired) electrons. The summed E-state index contributed by atoms with van der Waals surface area (Å²) < 4.78 is 6.17. The van der Waals surface area contributed by atoms with Gasteiger partial charge in [-0.3, -0.25) is 0 Å². The van der Waals surface area contributed by atoms with Gasteiger partial charge in [-0.05, 0) is 47.1 Å². The molecule has 2 N–H and O–H groups in total. The van der Waals surface area contributed by atoms with Crippen LogP contribution >= 0.6 is 15.9 Å². The number of H-pyrrole nitrogens is 1. The van der Waals surface area contributed by atoms with Gasteiger partial charge in [-0.25, -0.2) is 0 Å². The molecule has 1 aromatic heterocycles. The monoisotopic (exact) mass is 310 g/mol. The van der Waals surface area contributed by atoms with Crippen molar-refractivity contribution in [2.45, 2.75) is 12.5 Å². The number of halogens is 1. The van der Waals surface area contributed by atoms with Gasteiger partial charge in [0.1, 0.15) is 5.75 Å². The fraction of sp³-hybridized carbons (Fsp3) is 0.333. The van der Waals surface area contributed by atoms with Crippen molar-refractivity contribution >= 4 is 15.9 Å². The normalized spacial score (nSPS) is 12.4. The van der Waals surface area contributed by atoms with Crippen LogP contribution in [-0.2, 0) is 6.42 Å². The number of nitrogens with one attached hydrogen (secondary N) is 2. The summed E-state index contributed by atoms with van der Waals surface area (Å²) in [6.07, 6.45) is 2.57. The number of methoxy groups -OCH3 is 1. The molecule has 6 heteroatoms. The molecule has 96 valence electrons. The Bertz CT molecular complexity index is 501. The fourth-order valence-electron chi connectivity index (χ4n) is 1.81. The Morgan fingerprint density at radius 1 is 1.50 bits per heavy atom. The number of benzene rings is 1. The topological polar surface area (TPSA) is 62.8 Å². The molecule has 2 aromatic rings. The second-order valence-electron chi connectivity index (χ2n) is 3.91. The van der Waals surface area contributed by atoms with E-state index in [1.165, 1.54) is 5.56 Å². The molecule has 2 rings (SSSR count). The number of rotatable bonds is 5. The first-order valence-electron chi connectivity index (χ1n) is 5.60. The van der Waals surface area contributed by atoms with Crippen LogP contribution in [0, 0.1) is 0 Å². The highest BCUT2D eigenvalue weighted by molar-refractivity contribution is 9.10. The predicted octanol–water partition coefficient (Wildman–Crippen LogP) is 2.08. The highest BCUT2D eigenvalue weighted by Gasteiger charge is 2.13. The number of hydrogen-bond acceptors (Lipinski definition) is 4. The first-order valence-corrected chi connectivity index (χ1v) is 6.39. The zero-order chi connectivity index (χ0) is 13.0. The van der Waals surface area contributed by atoms with Crippen molar-refractivity contribution in [2.24, 2.45) is 0 Å². The lowest BCUT2D eigenvalue weighted by atomic mass is 10.0. The Kier molecular flexibility index (Phi) is 4.33. The van der Waals surface area contributed by atoms with E-state index in [0.717, 1.165) is 22.3 Å². The standard InChI is InChI=1S/C12H15BrN4O/c1-14-10(11-7-15-17-16-11)6-8-3-4-12(18-2)9(13)5-8/h3-5,7,10,14H,6H2,1-2H3,(H,15,16,17). The third-order valence-electron chi connectivity index (χ3n) is 2.80. The van der Waals surface area contributed by atoms with E-state index in [9.17, 15) is 0 Å². The largest absolute Gasteiger partial charge is 0.496 e. The van der Waals surface area contributed by atoms with Crippen molar-refractivity contribution in [3.05, 3.63) is 40.1 Å². The molecule has 0 bridgehead atoms. The minimum atomic E-state index is 0.143. The lowest BCUT2D eigenvalue weighted by Gasteiger charge is -2.14. The van der Waals surface area contributed by atoms with Crippen LogP contribution in [0.4, 0.5) is 0 Å². The smallest absolute Gasteiger partial charge is 0.133 e. The van der Waals surface area contributed by atoms with Crippen molar-refractivity contribution in [2.75, 3.05) is 14.2 Å². The number of nitrogens with zero attached hydrogens (tertiary/aromatic N) is 2. The summed E-state index contributed by atoms with van der Waals surface area (Å²) in [6.45, 7) is 0. The van der Waals surface area contributed by atoms with Gasteiger partial charge < -0.3 is 10.1 Å². The van der Waals surface area contributed by atoms with E-state index < -0.39 is 0 Å². The van der Waals surface area contributed by atoms with Gasteiger partial charge in [0.2, 0.25) is 0 Å². The van der Waals surface area contributed by atoms with Crippen LogP contribution in [0.15, 0.2) is 28.9 Å². The molecule has 18 heavy (non-hydrogen) atoms. The summed E-state index contributed by atoms with van der Waals surface area (Å²) in [7, 11) is 3.57. The molecule has 0 aliphatic carbocycles. The van der Waals surface area contributed by atoms with Crippen molar-refractivity contribution in [1.29, 1.82) is 0 Å².